The zero-order valence-electron chi connectivity index (χ0n) is 78.0. The maximum absolute atomic E-state index is 3.18. The molecule has 0 saturated carbocycles. The zero-order chi connectivity index (χ0) is 79.8. The van der Waals surface area contributed by atoms with Gasteiger partial charge in [0.2, 0.25) is 0 Å². The van der Waals surface area contributed by atoms with Crippen molar-refractivity contribution in [2.24, 2.45) is 0 Å². The van der Waals surface area contributed by atoms with Crippen LogP contribution in [0.3, 0.4) is 0 Å². The zero-order valence-corrected chi connectivity index (χ0v) is 84.5. The van der Waals surface area contributed by atoms with Crippen molar-refractivity contribution in [3.63, 3.8) is 0 Å². The Labute approximate surface area is 714 Å². The molecule has 0 spiro atoms. The van der Waals surface area contributed by atoms with Crippen LogP contribution in [-0.2, 0) is 0 Å². The van der Waals surface area contributed by atoms with Gasteiger partial charge < -0.3 is 0 Å². The summed E-state index contributed by atoms with van der Waals surface area (Å²) in [4.78, 5) is 0. The second kappa shape index (κ2) is 99.2. The van der Waals surface area contributed by atoms with Gasteiger partial charge in [-0.15, -0.1) is 0 Å². The van der Waals surface area contributed by atoms with Gasteiger partial charge in [-0.2, -0.15) is 0 Å². The Bertz CT molecular complexity index is 1530. The topological polar surface area (TPSA) is 0 Å². The first kappa shape index (κ1) is 111. The summed E-state index contributed by atoms with van der Waals surface area (Å²) in [5.41, 5.74) is 0. The number of hydrogen-bond acceptors (Lipinski definition) is 1. The van der Waals surface area contributed by atoms with Crippen LogP contribution in [-0.4, -0.2) is 34.0 Å². The molecular weight excluding hydrogens is 1570 g/mol. The van der Waals surface area contributed by atoms with E-state index in [0.29, 0.717) is 0 Å². The first-order valence-electron chi connectivity index (χ1n) is 52.7. The summed E-state index contributed by atoms with van der Waals surface area (Å²) >= 11 is -5.43. The molecular formula is C108H210SSn2. The molecule has 0 aliphatic rings. The second-order valence-corrected chi connectivity index (χ2v) is 84.0. The van der Waals surface area contributed by atoms with E-state index in [4.69, 9.17) is 0 Å². The Hall–Kier alpha value is 0.387. The molecule has 0 atom stereocenters. The van der Waals surface area contributed by atoms with Crippen molar-refractivity contribution in [1.82, 2.24) is 0 Å². The fraction of sp³-hybridized carbons (Fsp3) is 0.889. The van der Waals surface area contributed by atoms with Gasteiger partial charge in [-0.05, 0) is 0 Å². The molecule has 0 fully saturated rings. The van der Waals surface area contributed by atoms with E-state index in [1.54, 1.807) is 65.1 Å². The van der Waals surface area contributed by atoms with E-state index in [0.717, 1.165) is 0 Å². The smallest absolute Gasteiger partial charge is 0.0654 e. The molecule has 0 amide bonds. The Morgan fingerprint density at radius 2 is 0.207 bits per heavy atom. The van der Waals surface area contributed by atoms with Crippen LogP contribution in [0.15, 0.2) is 72.9 Å². The van der Waals surface area contributed by atoms with Gasteiger partial charge in [0.1, 0.15) is 0 Å². The van der Waals surface area contributed by atoms with Gasteiger partial charge in [0.15, 0.2) is 0 Å². The molecule has 0 saturated heterocycles. The molecule has 0 aromatic heterocycles. The predicted molar refractivity (Wildman–Crippen MR) is 525 cm³/mol. The molecule has 0 bridgehead atoms. The molecule has 0 aromatic rings. The maximum atomic E-state index is 3.18. The summed E-state index contributed by atoms with van der Waals surface area (Å²) < 4.78 is 10.5. The molecule has 0 unspecified atom stereocenters. The summed E-state index contributed by atoms with van der Waals surface area (Å²) in [6.07, 6.45) is 155. The summed E-state index contributed by atoms with van der Waals surface area (Å²) in [5.74, 6) is 0. The molecule has 111 heavy (non-hydrogen) atoms. The third-order valence-electron chi connectivity index (χ3n) is 25.3. The minimum absolute atomic E-state index is 1.31. The second-order valence-electron chi connectivity index (χ2n) is 36.6. The van der Waals surface area contributed by atoms with Gasteiger partial charge >= 0.3 is 486 Å². The quantitative estimate of drug-likeness (QED) is 0.0332. The monoisotopic (exact) mass is 1780 g/mol. The van der Waals surface area contributed by atoms with Crippen molar-refractivity contribution in [3.05, 3.63) is 72.9 Å². The Morgan fingerprint density at radius 3 is 0.315 bits per heavy atom. The summed E-state index contributed by atoms with van der Waals surface area (Å²) in [6.45, 7) is 14.1. The summed E-state index contributed by atoms with van der Waals surface area (Å²) in [5, 5.41) is 0. The van der Waals surface area contributed by atoms with Gasteiger partial charge in [0.05, 0.1) is 0 Å². The minimum Gasteiger partial charge on any atom is -0.0654 e. The molecule has 0 aliphatic carbocycles. The molecule has 0 rings (SSSR count). The van der Waals surface area contributed by atoms with Crippen LogP contribution in [0.1, 0.15) is 581 Å². The summed E-state index contributed by atoms with van der Waals surface area (Å²) in [6, 6.07) is 0. The molecule has 0 radical (unpaired) electrons. The first-order chi connectivity index (χ1) is 55.1. The van der Waals surface area contributed by atoms with Gasteiger partial charge in [-0.3, -0.25) is 0 Å². The van der Waals surface area contributed by atoms with Crippen LogP contribution >= 0.6 is 6.13 Å². The molecule has 0 aliphatic heterocycles. The number of unbranched alkanes of at least 4 members (excludes halogenated alkanes) is 72. The fourth-order valence-electron chi connectivity index (χ4n) is 17.7. The van der Waals surface area contributed by atoms with Crippen molar-refractivity contribution in [2.45, 2.75) is 608 Å². The fourth-order valence-corrected chi connectivity index (χ4v) is 146. The van der Waals surface area contributed by atoms with Crippen molar-refractivity contribution in [2.75, 3.05) is 0 Å². The standard InChI is InChI=1S/6C18H35.S.2Sn/c6*1-3-5-7-9-11-13-15-17-18-16-14-12-10-8-6-4-2;;;/h6*17-18H,1,3-16H2,2H3;;;/b6*18-17-;;;. The van der Waals surface area contributed by atoms with Crippen LogP contribution in [0.25, 0.3) is 0 Å². The third-order valence-corrected chi connectivity index (χ3v) is 113. The Morgan fingerprint density at radius 1 is 0.117 bits per heavy atom. The van der Waals surface area contributed by atoms with Crippen LogP contribution in [0.4, 0.5) is 0 Å². The van der Waals surface area contributed by atoms with E-state index in [9.17, 15) is 0 Å². The van der Waals surface area contributed by atoms with Gasteiger partial charge in [0, 0.05) is 0 Å². The molecule has 0 heterocycles. The predicted octanol–water partition coefficient (Wildman–Crippen LogP) is 41.8. The average molecular weight is 1780 g/mol. The van der Waals surface area contributed by atoms with Gasteiger partial charge in [-0.25, -0.2) is 0 Å². The molecule has 0 aromatic carbocycles. The summed E-state index contributed by atoms with van der Waals surface area (Å²) in [7, 11) is 0. The molecule has 656 valence electrons. The van der Waals surface area contributed by atoms with E-state index in [1.165, 1.54) is 501 Å². The van der Waals surface area contributed by atoms with Crippen molar-refractivity contribution in [1.29, 1.82) is 0 Å². The molecule has 0 nitrogen and oxygen atoms in total. The van der Waals surface area contributed by atoms with E-state index < -0.39 is 34.0 Å². The van der Waals surface area contributed by atoms with Crippen LogP contribution in [0, 0.1) is 0 Å². The third kappa shape index (κ3) is 89.5. The first-order valence-corrected chi connectivity index (χ1v) is 72.6. The Kier molecular flexibility index (Phi) is 99.6. The van der Waals surface area contributed by atoms with E-state index in [1.807, 2.05) is 0 Å². The van der Waals surface area contributed by atoms with E-state index in [2.05, 4.69) is 121 Å². The van der Waals surface area contributed by atoms with Crippen LogP contribution in [0.2, 0.25) is 26.6 Å². The van der Waals surface area contributed by atoms with E-state index >= 15 is 0 Å². The molecule has 0 N–H and O–H groups in total. The number of hydrogen-bond donors (Lipinski definition) is 0. The normalized spacial score (nSPS) is 12.6. The van der Waals surface area contributed by atoms with Crippen LogP contribution in [0.5, 0.6) is 0 Å². The van der Waals surface area contributed by atoms with Crippen molar-refractivity contribution < 1.29 is 0 Å². The molecule has 3 heteroatoms. The average Bonchev–Trinajstić information content (AvgIpc) is 0.810. The van der Waals surface area contributed by atoms with E-state index in [-0.39, 0.29) is 0 Å². The van der Waals surface area contributed by atoms with Crippen molar-refractivity contribution in [3.8, 4) is 0 Å². The minimum atomic E-state index is -2.72. The Balaban J connectivity index is 7.00. The number of rotatable bonds is 98. The SMILES string of the molecule is CCCCCCCC/C=C\CCCCCCC[CH2][Sn]([CH2]CCCCCCC/C=C\CCCCCCCC)([CH2]CCCCCCC/C=C\CCCCCCCC)[S][Sn]([CH2]CCCCCCC/C=C\CCCCCCCC)([CH2]CCCCCCC/C=C\CCCCCCCC)[CH2]CCCCCCC/C=C\CCCCCCCC. The van der Waals surface area contributed by atoms with Crippen LogP contribution < -0.4 is 0 Å². The number of allylic oxidation sites excluding steroid dienone is 12. The van der Waals surface area contributed by atoms with Gasteiger partial charge in [0.25, 0.3) is 0 Å². The van der Waals surface area contributed by atoms with Gasteiger partial charge in [-0.1, -0.05) is 234 Å². The van der Waals surface area contributed by atoms with Crippen molar-refractivity contribution >= 4 is 40.1 Å².